The first kappa shape index (κ1) is 14.7. The van der Waals surface area contributed by atoms with Gasteiger partial charge < -0.3 is 10.4 Å². The molecule has 0 aromatic rings. The van der Waals surface area contributed by atoms with Gasteiger partial charge in [0.15, 0.2) is 0 Å². The number of carbonyl (C=O) groups is 2. The van der Waals surface area contributed by atoms with Crippen molar-refractivity contribution in [1.82, 2.24) is 5.32 Å². The molecule has 5 heteroatoms. The number of thioether (sulfide) groups is 1. The van der Waals surface area contributed by atoms with Crippen LogP contribution in [-0.2, 0) is 9.59 Å². The zero-order valence-electron chi connectivity index (χ0n) is 11.3. The van der Waals surface area contributed by atoms with Crippen LogP contribution in [0.2, 0.25) is 0 Å². The molecule has 19 heavy (non-hydrogen) atoms. The molecule has 0 radical (unpaired) electrons. The molecule has 1 amide bonds. The van der Waals surface area contributed by atoms with E-state index < -0.39 is 11.5 Å². The van der Waals surface area contributed by atoms with Gasteiger partial charge in [0.2, 0.25) is 5.91 Å². The third-order valence-corrected chi connectivity index (χ3v) is 5.58. The van der Waals surface area contributed by atoms with E-state index in [1.807, 2.05) is 0 Å². The summed E-state index contributed by atoms with van der Waals surface area (Å²) in [5, 5.41) is 12.4. The number of carboxylic acid groups (broad SMARTS) is 1. The Morgan fingerprint density at radius 2 is 1.74 bits per heavy atom. The van der Waals surface area contributed by atoms with Crippen molar-refractivity contribution in [2.45, 2.75) is 68.6 Å². The lowest BCUT2D eigenvalue weighted by Crippen LogP contribution is -2.56. The molecule has 0 bridgehead atoms. The Bertz CT molecular complexity index is 332. The van der Waals surface area contributed by atoms with E-state index in [-0.39, 0.29) is 11.2 Å². The quantitative estimate of drug-likeness (QED) is 0.782. The smallest absolute Gasteiger partial charge is 0.329 e. The molecule has 1 atom stereocenters. The topological polar surface area (TPSA) is 66.4 Å². The molecule has 1 saturated heterocycles. The van der Waals surface area contributed by atoms with Gasteiger partial charge in [-0.3, -0.25) is 4.79 Å². The lowest BCUT2D eigenvalue weighted by atomic mass is 9.90. The predicted molar refractivity (Wildman–Crippen MR) is 76.3 cm³/mol. The fourth-order valence-corrected chi connectivity index (χ4v) is 4.19. The van der Waals surface area contributed by atoms with Gasteiger partial charge in [-0.25, -0.2) is 4.79 Å². The van der Waals surface area contributed by atoms with Gasteiger partial charge in [0, 0.05) is 0 Å². The van der Waals surface area contributed by atoms with Crippen molar-refractivity contribution in [2.24, 2.45) is 0 Å². The zero-order chi connectivity index (χ0) is 13.7. The van der Waals surface area contributed by atoms with Crippen molar-refractivity contribution < 1.29 is 14.7 Å². The molecule has 0 spiro atoms. The first-order valence-corrected chi connectivity index (χ1v) is 8.36. The average molecular weight is 285 g/mol. The molecule has 2 aliphatic rings. The van der Waals surface area contributed by atoms with Crippen LogP contribution in [0.4, 0.5) is 0 Å². The Hall–Kier alpha value is -0.710. The number of hydrogen-bond acceptors (Lipinski definition) is 3. The molecule has 0 aromatic carbocycles. The van der Waals surface area contributed by atoms with Crippen molar-refractivity contribution in [3.63, 3.8) is 0 Å². The van der Waals surface area contributed by atoms with Crippen molar-refractivity contribution in [3.8, 4) is 0 Å². The van der Waals surface area contributed by atoms with Gasteiger partial charge in [0.25, 0.3) is 0 Å². The maximum absolute atomic E-state index is 12.3. The molecule has 4 nitrogen and oxygen atoms in total. The summed E-state index contributed by atoms with van der Waals surface area (Å²) < 4.78 is 0. The van der Waals surface area contributed by atoms with E-state index in [2.05, 4.69) is 5.32 Å². The zero-order valence-corrected chi connectivity index (χ0v) is 12.1. The number of rotatable bonds is 3. The molecule has 2 fully saturated rings. The number of nitrogens with one attached hydrogen (secondary N) is 1. The van der Waals surface area contributed by atoms with Crippen LogP contribution in [0.5, 0.6) is 0 Å². The summed E-state index contributed by atoms with van der Waals surface area (Å²) in [6.45, 7) is 0. The van der Waals surface area contributed by atoms with E-state index in [0.717, 1.165) is 44.3 Å². The van der Waals surface area contributed by atoms with Gasteiger partial charge >= 0.3 is 5.97 Å². The van der Waals surface area contributed by atoms with Gasteiger partial charge in [-0.15, -0.1) is 11.8 Å². The highest BCUT2D eigenvalue weighted by atomic mass is 32.2. The largest absolute Gasteiger partial charge is 0.480 e. The minimum Gasteiger partial charge on any atom is -0.480 e. The molecule has 1 unspecified atom stereocenters. The van der Waals surface area contributed by atoms with E-state index in [1.165, 1.54) is 6.42 Å². The summed E-state index contributed by atoms with van der Waals surface area (Å²) >= 11 is 1.67. The second kappa shape index (κ2) is 6.64. The number of hydrogen-bond donors (Lipinski definition) is 2. The molecule has 1 aliphatic carbocycles. The van der Waals surface area contributed by atoms with Gasteiger partial charge in [-0.1, -0.05) is 32.1 Å². The van der Waals surface area contributed by atoms with Gasteiger partial charge in [-0.2, -0.15) is 0 Å². The van der Waals surface area contributed by atoms with Crippen molar-refractivity contribution in [3.05, 3.63) is 0 Å². The summed E-state index contributed by atoms with van der Waals surface area (Å²) in [4.78, 5) is 23.9. The van der Waals surface area contributed by atoms with E-state index in [0.29, 0.717) is 12.8 Å². The lowest BCUT2D eigenvalue weighted by molar-refractivity contribution is -0.148. The summed E-state index contributed by atoms with van der Waals surface area (Å²) in [5.41, 5.74) is -1.01. The van der Waals surface area contributed by atoms with Crippen LogP contribution in [0.15, 0.2) is 0 Å². The highest BCUT2D eigenvalue weighted by Crippen LogP contribution is 2.30. The van der Waals surface area contributed by atoms with E-state index in [1.54, 1.807) is 11.8 Å². The summed E-state index contributed by atoms with van der Waals surface area (Å²) in [6, 6.07) is 0. The van der Waals surface area contributed by atoms with Crippen LogP contribution >= 0.6 is 11.8 Å². The summed E-state index contributed by atoms with van der Waals surface area (Å²) in [6.07, 6.45) is 8.20. The molecule has 1 aliphatic heterocycles. The third-order valence-electron chi connectivity index (χ3n) is 4.20. The van der Waals surface area contributed by atoms with Crippen LogP contribution in [0.1, 0.15) is 57.8 Å². The van der Waals surface area contributed by atoms with Crippen LogP contribution in [0, 0.1) is 0 Å². The van der Waals surface area contributed by atoms with Crippen LogP contribution in [0.25, 0.3) is 0 Å². The fraction of sp³-hybridized carbons (Fsp3) is 0.857. The van der Waals surface area contributed by atoms with Crippen LogP contribution in [0.3, 0.4) is 0 Å². The van der Waals surface area contributed by atoms with Crippen molar-refractivity contribution in [1.29, 1.82) is 0 Å². The number of aliphatic carboxylic acids is 1. The molecule has 1 heterocycles. The predicted octanol–water partition coefficient (Wildman–Crippen LogP) is 2.57. The number of amides is 1. The van der Waals surface area contributed by atoms with Crippen LogP contribution in [-0.4, -0.2) is 33.5 Å². The normalized spacial score (nSPS) is 27.3. The maximum Gasteiger partial charge on any atom is 0.329 e. The Morgan fingerprint density at radius 1 is 1.05 bits per heavy atom. The molecule has 108 valence electrons. The monoisotopic (exact) mass is 285 g/mol. The fourth-order valence-electron chi connectivity index (χ4n) is 2.99. The molecule has 0 aromatic heterocycles. The first-order chi connectivity index (χ1) is 9.14. The molecule has 1 saturated carbocycles. The first-order valence-electron chi connectivity index (χ1n) is 7.31. The summed E-state index contributed by atoms with van der Waals surface area (Å²) in [5.74, 6) is 0.0931. The maximum atomic E-state index is 12.3. The van der Waals surface area contributed by atoms with E-state index in [4.69, 9.17) is 0 Å². The Kier molecular flexibility index (Phi) is 5.13. The highest BCUT2D eigenvalue weighted by molar-refractivity contribution is 8.00. The van der Waals surface area contributed by atoms with Gasteiger partial charge in [0.05, 0.1) is 5.25 Å². The van der Waals surface area contributed by atoms with Crippen LogP contribution < -0.4 is 5.32 Å². The number of carboxylic acids is 1. The van der Waals surface area contributed by atoms with Gasteiger partial charge in [0.1, 0.15) is 5.54 Å². The van der Waals surface area contributed by atoms with Gasteiger partial charge in [-0.05, 0) is 31.4 Å². The standard InChI is InChI=1S/C14H23NO3S/c16-12(11-7-3-6-10-19-11)15-14(13(17)18)8-4-1-2-5-9-14/h11H,1-10H2,(H,15,16)(H,17,18). The minimum atomic E-state index is -1.01. The van der Waals surface area contributed by atoms with E-state index >= 15 is 0 Å². The number of carbonyl (C=O) groups excluding carboxylic acids is 1. The second-order valence-corrected chi connectivity index (χ2v) is 6.96. The van der Waals surface area contributed by atoms with Crippen molar-refractivity contribution >= 4 is 23.6 Å². The molecular formula is C14H23NO3S. The minimum absolute atomic E-state index is 0.0479. The Balaban J connectivity index is 2.02. The lowest BCUT2D eigenvalue weighted by Gasteiger charge is -2.32. The Morgan fingerprint density at radius 3 is 2.26 bits per heavy atom. The highest BCUT2D eigenvalue weighted by Gasteiger charge is 2.41. The van der Waals surface area contributed by atoms with E-state index in [9.17, 15) is 14.7 Å². The SMILES string of the molecule is O=C(NC1(C(=O)O)CCCCCC1)C1CCCCS1. The summed E-state index contributed by atoms with van der Waals surface area (Å²) in [7, 11) is 0. The molecular weight excluding hydrogens is 262 g/mol. The molecule has 2 rings (SSSR count). The third kappa shape index (κ3) is 3.65. The average Bonchev–Trinajstić information content (AvgIpc) is 2.66. The van der Waals surface area contributed by atoms with Crippen molar-refractivity contribution in [2.75, 3.05) is 5.75 Å². The Labute approximate surface area is 118 Å². The molecule has 2 N–H and O–H groups in total. The second-order valence-electron chi connectivity index (χ2n) is 5.65.